The Labute approximate surface area is 115 Å². The van der Waals surface area contributed by atoms with Crippen molar-refractivity contribution in [3.8, 4) is 5.75 Å². The molecule has 2 N–H and O–H groups in total. The number of hydrogen-bond acceptors (Lipinski definition) is 2. The Hall–Kier alpha value is -1.71. The molecule has 0 amide bonds. The van der Waals surface area contributed by atoms with Gasteiger partial charge in [-0.2, -0.15) is 0 Å². The van der Waals surface area contributed by atoms with Crippen molar-refractivity contribution in [1.29, 1.82) is 0 Å². The second-order valence-corrected chi connectivity index (χ2v) is 5.03. The third-order valence-electron chi connectivity index (χ3n) is 3.58. The van der Waals surface area contributed by atoms with E-state index in [2.05, 4.69) is 22.0 Å². The molecule has 0 saturated carbocycles. The van der Waals surface area contributed by atoms with Gasteiger partial charge in [0.05, 0.1) is 13.7 Å². The van der Waals surface area contributed by atoms with Gasteiger partial charge in [0, 0.05) is 13.1 Å². The molecule has 1 saturated heterocycles. The van der Waals surface area contributed by atoms with Crippen molar-refractivity contribution in [2.45, 2.75) is 32.7 Å². The summed E-state index contributed by atoms with van der Waals surface area (Å²) in [5, 5.41) is 0. The fourth-order valence-electron chi connectivity index (χ4n) is 2.36. The lowest BCUT2D eigenvalue weighted by Crippen LogP contribution is -2.40. The summed E-state index contributed by atoms with van der Waals surface area (Å²) in [5.74, 6) is 1.57. The maximum atomic E-state index is 6.04. The molecule has 1 heterocycles. The second kappa shape index (κ2) is 6.45. The number of aryl methyl sites for hydroxylation is 1. The monoisotopic (exact) mass is 261 g/mol. The van der Waals surface area contributed by atoms with E-state index < -0.39 is 0 Å². The summed E-state index contributed by atoms with van der Waals surface area (Å²) >= 11 is 0. The summed E-state index contributed by atoms with van der Waals surface area (Å²) in [6.07, 6.45) is 3.74. The van der Waals surface area contributed by atoms with Gasteiger partial charge in [-0.3, -0.25) is 0 Å². The van der Waals surface area contributed by atoms with E-state index in [1.54, 1.807) is 7.11 Å². The van der Waals surface area contributed by atoms with Gasteiger partial charge in [-0.25, -0.2) is 4.99 Å². The van der Waals surface area contributed by atoms with Crippen molar-refractivity contribution in [3.63, 3.8) is 0 Å². The molecule has 1 fully saturated rings. The van der Waals surface area contributed by atoms with Crippen LogP contribution >= 0.6 is 0 Å². The third-order valence-corrected chi connectivity index (χ3v) is 3.58. The Morgan fingerprint density at radius 3 is 2.74 bits per heavy atom. The minimum atomic E-state index is 0.610. The highest BCUT2D eigenvalue weighted by Crippen LogP contribution is 2.19. The number of piperidine rings is 1. The van der Waals surface area contributed by atoms with Crippen LogP contribution in [0.3, 0.4) is 0 Å². The molecule has 0 unspecified atom stereocenters. The molecular weight excluding hydrogens is 238 g/mol. The van der Waals surface area contributed by atoms with Crippen LogP contribution in [0.5, 0.6) is 5.75 Å². The van der Waals surface area contributed by atoms with E-state index in [1.165, 1.54) is 19.3 Å². The molecule has 0 spiro atoms. The Morgan fingerprint density at radius 2 is 2.05 bits per heavy atom. The molecule has 104 valence electrons. The SMILES string of the molecule is COc1cc(CN=C(N)N2CCCCC2)ccc1C. The molecule has 0 atom stereocenters. The Balaban J connectivity index is 2.00. The van der Waals surface area contributed by atoms with Gasteiger partial charge in [0.1, 0.15) is 5.75 Å². The Kier molecular flexibility index (Phi) is 4.66. The van der Waals surface area contributed by atoms with Gasteiger partial charge in [0.25, 0.3) is 0 Å². The summed E-state index contributed by atoms with van der Waals surface area (Å²) in [4.78, 5) is 6.66. The summed E-state index contributed by atoms with van der Waals surface area (Å²) in [5.41, 5.74) is 8.31. The van der Waals surface area contributed by atoms with E-state index >= 15 is 0 Å². The quantitative estimate of drug-likeness (QED) is 0.671. The minimum absolute atomic E-state index is 0.610. The van der Waals surface area contributed by atoms with Crippen molar-refractivity contribution in [3.05, 3.63) is 29.3 Å². The van der Waals surface area contributed by atoms with Crippen LogP contribution in [0.4, 0.5) is 0 Å². The van der Waals surface area contributed by atoms with Crippen LogP contribution in [0.15, 0.2) is 23.2 Å². The topological polar surface area (TPSA) is 50.9 Å². The molecule has 4 heteroatoms. The van der Waals surface area contributed by atoms with Crippen LogP contribution in [-0.4, -0.2) is 31.1 Å². The third kappa shape index (κ3) is 3.63. The number of methoxy groups -OCH3 is 1. The number of guanidine groups is 1. The average molecular weight is 261 g/mol. The van der Waals surface area contributed by atoms with Crippen molar-refractivity contribution in [2.75, 3.05) is 20.2 Å². The zero-order valence-corrected chi connectivity index (χ0v) is 11.9. The molecule has 4 nitrogen and oxygen atoms in total. The maximum absolute atomic E-state index is 6.04. The van der Waals surface area contributed by atoms with Crippen LogP contribution in [0.2, 0.25) is 0 Å². The van der Waals surface area contributed by atoms with Gasteiger partial charge in [-0.05, 0) is 43.4 Å². The van der Waals surface area contributed by atoms with E-state index in [9.17, 15) is 0 Å². The number of rotatable bonds is 3. The summed E-state index contributed by atoms with van der Waals surface area (Å²) in [6.45, 7) is 4.71. The average Bonchev–Trinajstić information content (AvgIpc) is 2.47. The van der Waals surface area contributed by atoms with Crippen molar-refractivity contribution >= 4 is 5.96 Å². The smallest absolute Gasteiger partial charge is 0.191 e. The zero-order chi connectivity index (χ0) is 13.7. The predicted octanol–water partition coefficient (Wildman–Crippen LogP) is 2.30. The second-order valence-electron chi connectivity index (χ2n) is 5.03. The molecule has 1 aromatic rings. The molecule has 1 aliphatic heterocycles. The van der Waals surface area contributed by atoms with E-state index in [-0.39, 0.29) is 0 Å². The molecule has 0 bridgehead atoms. The molecular formula is C15H23N3O. The van der Waals surface area contributed by atoms with Gasteiger partial charge in [-0.15, -0.1) is 0 Å². The number of aliphatic imine (C=N–C) groups is 1. The zero-order valence-electron chi connectivity index (χ0n) is 11.9. The minimum Gasteiger partial charge on any atom is -0.496 e. The van der Waals surface area contributed by atoms with Crippen LogP contribution < -0.4 is 10.5 Å². The highest BCUT2D eigenvalue weighted by molar-refractivity contribution is 5.78. The molecule has 2 rings (SSSR count). The van der Waals surface area contributed by atoms with E-state index in [0.717, 1.165) is 30.0 Å². The summed E-state index contributed by atoms with van der Waals surface area (Å²) in [7, 11) is 1.69. The first-order valence-corrected chi connectivity index (χ1v) is 6.89. The number of nitrogens with two attached hydrogens (primary N) is 1. The van der Waals surface area contributed by atoms with Crippen molar-refractivity contribution in [2.24, 2.45) is 10.7 Å². The molecule has 19 heavy (non-hydrogen) atoms. The molecule has 1 aliphatic rings. The number of benzene rings is 1. The van der Waals surface area contributed by atoms with Crippen molar-refractivity contribution in [1.82, 2.24) is 4.90 Å². The van der Waals surface area contributed by atoms with Crippen LogP contribution in [0.25, 0.3) is 0 Å². The standard InChI is InChI=1S/C15H23N3O/c1-12-6-7-13(10-14(12)19-2)11-17-15(16)18-8-4-3-5-9-18/h6-7,10H,3-5,8-9,11H2,1-2H3,(H2,16,17). The largest absolute Gasteiger partial charge is 0.496 e. The van der Waals surface area contributed by atoms with Gasteiger partial charge >= 0.3 is 0 Å². The normalized spacial score (nSPS) is 16.5. The van der Waals surface area contributed by atoms with Crippen molar-refractivity contribution < 1.29 is 4.74 Å². The lowest BCUT2D eigenvalue weighted by molar-refractivity contribution is 0.338. The van der Waals surface area contributed by atoms with E-state index in [0.29, 0.717) is 12.5 Å². The van der Waals surface area contributed by atoms with Gasteiger partial charge in [0.15, 0.2) is 5.96 Å². The number of hydrogen-bond donors (Lipinski definition) is 1. The maximum Gasteiger partial charge on any atom is 0.191 e. The Morgan fingerprint density at radius 1 is 1.32 bits per heavy atom. The fraction of sp³-hybridized carbons (Fsp3) is 0.533. The number of ether oxygens (including phenoxy) is 1. The van der Waals surface area contributed by atoms with Crippen LogP contribution in [0, 0.1) is 6.92 Å². The number of likely N-dealkylation sites (tertiary alicyclic amines) is 1. The first-order chi connectivity index (χ1) is 9.20. The first kappa shape index (κ1) is 13.7. The first-order valence-electron chi connectivity index (χ1n) is 6.89. The van der Waals surface area contributed by atoms with Crippen LogP contribution in [-0.2, 0) is 6.54 Å². The number of nitrogens with zero attached hydrogens (tertiary/aromatic N) is 2. The summed E-state index contributed by atoms with van der Waals surface area (Å²) in [6, 6.07) is 6.16. The Bertz CT molecular complexity index is 451. The predicted molar refractivity (Wildman–Crippen MR) is 78.5 cm³/mol. The fourth-order valence-corrected chi connectivity index (χ4v) is 2.36. The molecule has 0 radical (unpaired) electrons. The highest BCUT2D eigenvalue weighted by atomic mass is 16.5. The summed E-state index contributed by atoms with van der Waals surface area (Å²) < 4.78 is 5.32. The van der Waals surface area contributed by atoms with Gasteiger partial charge in [-0.1, -0.05) is 12.1 Å². The van der Waals surface area contributed by atoms with E-state index in [4.69, 9.17) is 10.5 Å². The lowest BCUT2D eigenvalue weighted by Gasteiger charge is -2.27. The van der Waals surface area contributed by atoms with Gasteiger partial charge in [0.2, 0.25) is 0 Å². The highest BCUT2D eigenvalue weighted by Gasteiger charge is 2.11. The molecule has 0 aromatic heterocycles. The molecule has 1 aromatic carbocycles. The van der Waals surface area contributed by atoms with Gasteiger partial charge < -0.3 is 15.4 Å². The molecule has 0 aliphatic carbocycles. The lowest BCUT2D eigenvalue weighted by atomic mass is 10.1. The van der Waals surface area contributed by atoms with Crippen LogP contribution in [0.1, 0.15) is 30.4 Å². The van der Waals surface area contributed by atoms with E-state index in [1.807, 2.05) is 13.0 Å².